The first-order chi connectivity index (χ1) is 8.47. The maximum absolute atomic E-state index is 12.2. The summed E-state index contributed by atoms with van der Waals surface area (Å²) in [6.07, 6.45) is 4.24. The Kier molecular flexibility index (Phi) is 5.95. The minimum absolute atomic E-state index is 0.0532. The molecule has 0 spiro atoms. The topological polar surface area (TPSA) is 89.4 Å². The van der Waals surface area contributed by atoms with Crippen LogP contribution < -0.4 is 11.5 Å². The van der Waals surface area contributed by atoms with Crippen LogP contribution >= 0.6 is 11.8 Å². The highest BCUT2D eigenvalue weighted by Crippen LogP contribution is 2.22. The van der Waals surface area contributed by atoms with Crippen LogP contribution in [0, 0.1) is 5.92 Å². The number of carbonyl (C=O) groups is 2. The van der Waals surface area contributed by atoms with E-state index in [1.54, 1.807) is 16.7 Å². The molecule has 18 heavy (non-hydrogen) atoms. The Hall–Kier alpha value is -0.750. The van der Waals surface area contributed by atoms with Crippen LogP contribution in [0.5, 0.6) is 0 Å². The average Bonchev–Trinajstić information content (AvgIpc) is 2.35. The number of amides is 2. The molecule has 1 heterocycles. The number of nitrogens with two attached hydrogens (primary N) is 2. The summed E-state index contributed by atoms with van der Waals surface area (Å²) in [4.78, 5) is 25.2. The standard InChI is InChI=1S/C12H23N3O2S/c1-8-3-4-9(11(14)16)7-15(8)12(17)10(13)5-6-18-2/h8-10H,3-7,13H2,1-2H3,(H2,14,16)/t8?,9?,10-/m1/s1. The van der Waals surface area contributed by atoms with Crippen molar-refractivity contribution in [2.24, 2.45) is 17.4 Å². The van der Waals surface area contributed by atoms with E-state index < -0.39 is 6.04 Å². The van der Waals surface area contributed by atoms with Gasteiger partial charge < -0.3 is 16.4 Å². The molecule has 104 valence electrons. The van der Waals surface area contributed by atoms with Gasteiger partial charge in [0.25, 0.3) is 0 Å². The molecule has 2 unspecified atom stereocenters. The van der Waals surface area contributed by atoms with Gasteiger partial charge in [-0.3, -0.25) is 9.59 Å². The summed E-state index contributed by atoms with van der Waals surface area (Å²) in [5.41, 5.74) is 11.2. The van der Waals surface area contributed by atoms with Crippen LogP contribution in [-0.4, -0.2) is 47.4 Å². The molecule has 0 bridgehead atoms. The van der Waals surface area contributed by atoms with Crippen molar-refractivity contribution < 1.29 is 9.59 Å². The second-order valence-corrected chi connectivity index (χ2v) is 5.89. The summed E-state index contributed by atoms with van der Waals surface area (Å²) in [6.45, 7) is 2.42. The number of likely N-dealkylation sites (tertiary alicyclic amines) is 1. The molecule has 0 saturated carbocycles. The Labute approximate surface area is 113 Å². The molecule has 0 aliphatic carbocycles. The summed E-state index contributed by atoms with van der Waals surface area (Å²) in [7, 11) is 0. The zero-order valence-corrected chi connectivity index (χ0v) is 11.9. The van der Waals surface area contributed by atoms with E-state index >= 15 is 0 Å². The van der Waals surface area contributed by atoms with Crippen LogP contribution in [0.3, 0.4) is 0 Å². The lowest BCUT2D eigenvalue weighted by Crippen LogP contribution is -2.53. The van der Waals surface area contributed by atoms with Crippen LogP contribution in [0.2, 0.25) is 0 Å². The van der Waals surface area contributed by atoms with Crippen LogP contribution in [-0.2, 0) is 9.59 Å². The van der Waals surface area contributed by atoms with E-state index in [4.69, 9.17) is 11.5 Å². The third-order valence-electron chi connectivity index (χ3n) is 3.52. The van der Waals surface area contributed by atoms with Gasteiger partial charge in [0, 0.05) is 12.6 Å². The molecule has 0 aromatic heterocycles. The third kappa shape index (κ3) is 3.88. The molecule has 0 aromatic carbocycles. The summed E-state index contributed by atoms with van der Waals surface area (Å²) >= 11 is 1.68. The van der Waals surface area contributed by atoms with Gasteiger partial charge in [0.1, 0.15) is 0 Å². The molecular formula is C12H23N3O2S. The Morgan fingerprint density at radius 2 is 2.11 bits per heavy atom. The number of piperidine rings is 1. The van der Waals surface area contributed by atoms with Gasteiger partial charge in [0.15, 0.2) is 0 Å². The predicted molar refractivity (Wildman–Crippen MR) is 74.1 cm³/mol. The van der Waals surface area contributed by atoms with Crippen molar-refractivity contribution in [1.29, 1.82) is 0 Å². The van der Waals surface area contributed by atoms with Gasteiger partial charge in [0.2, 0.25) is 11.8 Å². The molecule has 4 N–H and O–H groups in total. The quantitative estimate of drug-likeness (QED) is 0.747. The third-order valence-corrected chi connectivity index (χ3v) is 4.16. The number of hydrogen-bond donors (Lipinski definition) is 2. The Morgan fingerprint density at radius 1 is 1.44 bits per heavy atom. The molecule has 1 aliphatic heterocycles. The van der Waals surface area contributed by atoms with Crippen molar-refractivity contribution >= 4 is 23.6 Å². The molecule has 2 amide bonds. The molecule has 0 radical (unpaired) electrons. The highest BCUT2D eigenvalue weighted by atomic mass is 32.2. The maximum Gasteiger partial charge on any atom is 0.239 e. The summed E-state index contributed by atoms with van der Waals surface area (Å²) < 4.78 is 0. The summed E-state index contributed by atoms with van der Waals surface area (Å²) in [5.74, 6) is 0.270. The fraction of sp³-hybridized carbons (Fsp3) is 0.833. The molecule has 1 fully saturated rings. The van der Waals surface area contributed by atoms with Gasteiger partial charge in [-0.25, -0.2) is 0 Å². The van der Waals surface area contributed by atoms with Crippen LogP contribution in [0.1, 0.15) is 26.2 Å². The van der Waals surface area contributed by atoms with Gasteiger partial charge >= 0.3 is 0 Å². The van der Waals surface area contributed by atoms with Gasteiger partial charge in [-0.1, -0.05) is 0 Å². The Morgan fingerprint density at radius 3 is 2.67 bits per heavy atom. The monoisotopic (exact) mass is 273 g/mol. The Bertz CT molecular complexity index is 312. The fourth-order valence-electron chi connectivity index (χ4n) is 2.23. The second kappa shape index (κ2) is 6.99. The van der Waals surface area contributed by atoms with E-state index in [0.717, 1.165) is 18.6 Å². The van der Waals surface area contributed by atoms with Crippen LogP contribution in [0.4, 0.5) is 0 Å². The second-order valence-electron chi connectivity index (χ2n) is 4.90. The first kappa shape index (κ1) is 15.3. The SMILES string of the molecule is CSCC[C@@H](N)C(=O)N1CC(C(N)=O)CCC1C. The molecule has 5 nitrogen and oxygen atoms in total. The summed E-state index contributed by atoms with van der Waals surface area (Å²) in [6, 6.07) is -0.319. The minimum Gasteiger partial charge on any atom is -0.369 e. The van der Waals surface area contributed by atoms with Gasteiger partial charge in [-0.15, -0.1) is 0 Å². The van der Waals surface area contributed by atoms with E-state index in [0.29, 0.717) is 13.0 Å². The molecule has 3 atom stereocenters. The lowest BCUT2D eigenvalue weighted by Gasteiger charge is -2.38. The number of carbonyl (C=O) groups excluding carboxylic acids is 2. The number of primary amides is 1. The number of nitrogens with zero attached hydrogens (tertiary/aromatic N) is 1. The van der Waals surface area contributed by atoms with E-state index in [9.17, 15) is 9.59 Å². The predicted octanol–water partition coefficient (Wildman–Crippen LogP) is 0.179. The zero-order chi connectivity index (χ0) is 13.7. The number of rotatable bonds is 5. The maximum atomic E-state index is 12.2. The molecule has 6 heteroatoms. The largest absolute Gasteiger partial charge is 0.369 e. The Balaban J connectivity index is 2.61. The van der Waals surface area contributed by atoms with Crippen LogP contribution in [0.15, 0.2) is 0 Å². The summed E-state index contributed by atoms with van der Waals surface area (Å²) in [5, 5.41) is 0. The van der Waals surface area contributed by atoms with E-state index in [1.807, 2.05) is 13.2 Å². The number of hydrogen-bond acceptors (Lipinski definition) is 4. The zero-order valence-electron chi connectivity index (χ0n) is 11.1. The van der Waals surface area contributed by atoms with Crippen molar-refractivity contribution in [3.8, 4) is 0 Å². The van der Waals surface area contributed by atoms with Gasteiger partial charge in [-0.05, 0) is 38.2 Å². The van der Waals surface area contributed by atoms with Crippen molar-refractivity contribution in [1.82, 2.24) is 4.90 Å². The lowest BCUT2D eigenvalue weighted by atomic mass is 9.92. The van der Waals surface area contributed by atoms with Gasteiger partial charge in [0.05, 0.1) is 12.0 Å². The van der Waals surface area contributed by atoms with E-state index in [2.05, 4.69) is 0 Å². The normalized spacial score (nSPS) is 25.8. The first-order valence-electron chi connectivity index (χ1n) is 6.31. The first-order valence-corrected chi connectivity index (χ1v) is 7.71. The van der Waals surface area contributed by atoms with Crippen LogP contribution in [0.25, 0.3) is 0 Å². The molecule has 0 aromatic rings. The smallest absolute Gasteiger partial charge is 0.239 e. The molecule has 1 aliphatic rings. The van der Waals surface area contributed by atoms with Crippen molar-refractivity contribution in [3.05, 3.63) is 0 Å². The van der Waals surface area contributed by atoms with Gasteiger partial charge in [-0.2, -0.15) is 11.8 Å². The number of thioether (sulfide) groups is 1. The average molecular weight is 273 g/mol. The fourth-order valence-corrected chi connectivity index (χ4v) is 2.72. The highest BCUT2D eigenvalue weighted by molar-refractivity contribution is 7.98. The lowest BCUT2D eigenvalue weighted by molar-refractivity contribution is -0.138. The molecule has 1 saturated heterocycles. The van der Waals surface area contributed by atoms with Crippen molar-refractivity contribution in [3.63, 3.8) is 0 Å². The highest BCUT2D eigenvalue weighted by Gasteiger charge is 2.33. The van der Waals surface area contributed by atoms with E-state index in [1.165, 1.54) is 0 Å². The van der Waals surface area contributed by atoms with E-state index in [-0.39, 0.29) is 23.8 Å². The molecule has 1 rings (SSSR count). The van der Waals surface area contributed by atoms with Crippen molar-refractivity contribution in [2.75, 3.05) is 18.6 Å². The van der Waals surface area contributed by atoms with Crippen molar-refractivity contribution in [2.45, 2.75) is 38.3 Å². The molecular weight excluding hydrogens is 250 g/mol. The minimum atomic E-state index is -0.466.